The summed E-state index contributed by atoms with van der Waals surface area (Å²) in [6.45, 7) is -0.241. The minimum atomic E-state index is -1.35. The van der Waals surface area contributed by atoms with E-state index in [0.717, 1.165) is 10.6 Å². The topological polar surface area (TPSA) is 75.7 Å². The summed E-state index contributed by atoms with van der Waals surface area (Å²) in [6, 6.07) is 7.79. The van der Waals surface area contributed by atoms with Crippen molar-refractivity contribution in [2.75, 3.05) is 20.8 Å². The van der Waals surface area contributed by atoms with Crippen LogP contribution in [-0.2, 0) is 19.1 Å². The molecule has 111 valence electrons. The van der Waals surface area contributed by atoms with E-state index in [0.29, 0.717) is 0 Å². The van der Waals surface area contributed by atoms with Gasteiger partial charge in [0.15, 0.2) is 11.8 Å². The standard InChI is InChI=1S/C15H17N2O4/c1-16-17(15(20)11-21-2)13(10-18)14(19)9-8-12-6-4-3-5-7-12/h3-9,13,16H,11H2,1-2H3. The van der Waals surface area contributed by atoms with E-state index >= 15 is 0 Å². The van der Waals surface area contributed by atoms with Gasteiger partial charge in [-0.2, -0.15) is 0 Å². The van der Waals surface area contributed by atoms with Crippen LogP contribution in [0.4, 0.5) is 0 Å². The smallest absolute Gasteiger partial charge is 0.263 e. The maximum Gasteiger partial charge on any atom is 0.263 e. The zero-order valence-electron chi connectivity index (χ0n) is 11.9. The molecule has 0 aliphatic rings. The van der Waals surface area contributed by atoms with E-state index in [1.807, 2.05) is 30.3 Å². The molecule has 0 spiro atoms. The number of hydrogen-bond donors (Lipinski definition) is 1. The number of hydrazine groups is 1. The van der Waals surface area contributed by atoms with Crippen LogP contribution in [0.5, 0.6) is 0 Å². The Morgan fingerprint density at radius 3 is 2.57 bits per heavy atom. The molecule has 0 bridgehead atoms. The Labute approximate surface area is 123 Å². The van der Waals surface area contributed by atoms with Crippen LogP contribution in [0.15, 0.2) is 36.4 Å². The highest BCUT2D eigenvalue weighted by atomic mass is 16.5. The molecule has 21 heavy (non-hydrogen) atoms. The first-order valence-electron chi connectivity index (χ1n) is 6.27. The second-order valence-electron chi connectivity index (χ2n) is 4.09. The maximum absolute atomic E-state index is 12.0. The van der Waals surface area contributed by atoms with Gasteiger partial charge in [-0.25, -0.2) is 5.43 Å². The van der Waals surface area contributed by atoms with Gasteiger partial charge in [0, 0.05) is 14.2 Å². The van der Waals surface area contributed by atoms with Gasteiger partial charge in [0.1, 0.15) is 6.61 Å². The Kier molecular flexibility index (Phi) is 7.00. The van der Waals surface area contributed by atoms with Gasteiger partial charge in [0.25, 0.3) is 5.91 Å². The third-order valence-corrected chi connectivity index (χ3v) is 2.66. The Hall–Kier alpha value is -2.31. The van der Waals surface area contributed by atoms with Gasteiger partial charge in [0.05, 0.1) is 0 Å². The van der Waals surface area contributed by atoms with Crippen LogP contribution in [0.25, 0.3) is 6.08 Å². The Morgan fingerprint density at radius 2 is 2.05 bits per heavy atom. The predicted octanol–water partition coefficient (Wildman–Crippen LogP) is 0.357. The van der Waals surface area contributed by atoms with Crippen LogP contribution >= 0.6 is 0 Å². The van der Waals surface area contributed by atoms with Crippen molar-refractivity contribution in [3.63, 3.8) is 0 Å². The van der Waals surface area contributed by atoms with E-state index in [4.69, 9.17) is 4.74 Å². The van der Waals surface area contributed by atoms with Crippen molar-refractivity contribution in [2.45, 2.75) is 6.04 Å². The number of nitrogens with one attached hydrogen (secondary N) is 1. The number of methoxy groups -OCH3 is 1. The lowest BCUT2D eigenvalue weighted by Crippen LogP contribution is -2.53. The number of nitrogens with zero attached hydrogens (tertiary/aromatic N) is 1. The number of ketones is 1. The highest BCUT2D eigenvalue weighted by molar-refractivity contribution is 6.08. The van der Waals surface area contributed by atoms with Gasteiger partial charge in [-0.1, -0.05) is 36.4 Å². The van der Waals surface area contributed by atoms with Crippen molar-refractivity contribution >= 4 is 24.1 Å². The quantitative estimate of drug-likeness (QED) is 0.425. The predicted molar refractivity (Wildman–Crippen MR) is 77.7 cm³/mol. The number of carbonyl (C=O) groups excluding carboxylic acids is 3. The molecule has 1 rings (SSSR count). The van der Waals surface area contributed by atoms with Gasteiger partial charge < -0.3 is 4.74 Å². The number of benzene rings is 1. The minimum Gasteiger partial charge on any atom is -0.375 e. The van der Waals surface area contributed by atoms with Crippen molar-refractivity contribution in [3.8, 4) is 0 Å². The SMILES string of the molecule is CNN(C(=O)COC)C([C]=O)C(=O)C=Cc1ccccc1. The lowest BCUT2D eigenvalue weighted by atomic mass is 10.1. The van der Waals surface area contributed by atoms with Gasteiger partial charge in [-0.3, -0.25) is 19.4 Å². The average Bonchev–Trinajstić information content (AvgIpc) is 2.51. The average molecular weight is 289 g/mol. The highest BCUT2D eigenvalue weighted by Gasteiger charge is 2.28. The summed E-state index contributed by atoms with van der Waals surface area (Å²) in [5, 5.41) is 0.897. The monoisotopic (exact) mass is 289 g/mol. The third kappa shape index (κ3) is 4.94. The molecule has 1 radical (unpaired) electrons. The molecular weight excluding hydrogens is 272 g/mol. The summed E-state index contributed by atoms with van der Waals surface area (Å²) >= 11 is 0. The third-order valence-electron chi connectivity index (χ3n) is 2.66. The van der Waals surface area contributed by atoms with Crippen LogP contribution < -0.4 is 5.43 Å². The molecule has 0 aromatic heterocycles. The van der Waals surface area contributed by atoms with Crippen LogP contribution in [0.2, 0.25) is 0 Å². The minimum absolute atomic E-state index is 0.241. The molecule has 1 atom stereocenters. The summed E-state index contributed by atoms with van der Waals surface area (Å²) in [6.07, 6.45) is 4.38. The van der Waals surface area contributed by atoms with E-state index in [1.165, 1.54) is 20.2 Å². The summed E-state index contributed by atoms with van der Waals surface area (Å²) < 4.78 is 4.70. The molecule has 0 aliphatic heterocycles. The summed E-state index contributed by atoms with van der Waals surface area (Å²) in [7, 11) is 2.79. The zero-order valence-corrected chi connectivity index (χ0v) is 11.9. The fourth-order valence-corrected chi connectivity index (χ4v) is 1.66. The molecule has 6 nitrogen and oxygen atoms in total. The van der Waals surface area contributed by atoms with Gasteiger partial charge >= 0.3 is 0 Å². The molecule has 1 aromatic carbocycles. The van der Waals surface area contributed by atoms with Crippen molar-refractivity contribution < 1.29 is 19.1 Å². The first-order chi connectivity index (χ1) is 10.1. The largest absolute Gasteiger partial charge is 0.375 e. The van der Waals surface area contributed by atoms with Gasteiger partial charge in [-0.15, -0.1) is 0 Å². The molecule has 0 heterocycles. The van der Waals surface area contributed by atoms with Crippen LogP contribution in [0, 0.1) is 0 Å². The molecule has 6 heteroatoms. The molecule has 0 saturated heterocycles. The molecule has 0 saturated carbocycles. The van der Waals surface area contributed by atoms with E-state index in [1.54, 1.807) is 12.4 Å². The Balaban J connectivity index is 2.83. The van der Waals surface area contributed by atoms with Crippen LogP contribution in [-0.4, -0.2) is 49.8 Å². The van der Waals surface area contributed by atoms with Crippen LogP contribution in [0.3, 0.4) is 0 Å². The summed E-state index contributed by atoms with van der Waals surface area (Å²) in [4.78, 5) is 34.8. The number of amides is 1. The van der Waals surface area contributed by atoms with Crippen molar-refractivity contribution in [3.05, 3.63) is 42.0 Å². The van der Waals surface area contributed by atoms with Crippen molar-refractivity contribution in [1.29, 1.82) is 0 Å². The number of rotatable bonds is 8. The van der Waals surface area contributed by atoms with E-state index in [-0.39, 0.29) is 6.61 Å². The van der Waals surface area contributed by atoms with Gasteiger partial charge in [-0.05, 0) is 11.6 Å². The summed E-state index contributed by atoms with van der Waals surface area (Å²) in [5.41, 5.74) is 3.32. The summed E-state index contributed by atoms with van der Waals surface area (Å²) in [5.74, 6) is -1.08. The lowest BCUT2D eigenvalue weighted by molar-refractivity contribution is -0.142. The molecule has 1 N–H and O–H groups in total. The van der Waals surface area contributed by atoms with Crippen LogP contribution in [0.1, 0.15) is 5.56 Å². The Morgan fingerprint density at radius 1 is 1.38 bits per heavy atom. The first kappa shape index (κ1) is 16.7. The molecule has 0 fully saturated rings. The second-order valence-corrected chi connectivity index (χ2v) is 4.09. The number of hydrogen-bond acceptors (Lipinski definition) is 5. The molecule has 1 aromatic rings. The van der Waals surface area contributed by atoms with E-state index < -0.39 is 17.7 Å². The Bertz CT molecular complexity index is 514. The van der Waals surface area contributed by atoms with Crippen molar-refractivity contribution in [2.24, 2.45) is 0 Å². The fraction of sp³-hybridized carbons (Fsp3) is 0.267. The molecular formula is C15H17N2O4. The number of ether oxygens (including phenoxy) is 1. The number of carbonyl (C=O) groups is 2. The maximum atomic E-state index is 12.0. The normalized spacial score (nSPS) is 12.1. The van der Waals surface area contributed by atoms with Gasteiger partial charge in [0.2, 0.25) is 6.29 Å². The first-order valence-corrected chi connectivity index (χ1v) is 6.27. The molecule has 0 aliphatic carbocycles. The molecule has 1 amide bonds. The highest BCUT2D eigenvalue weighted by Crippen LogP contribution is 2.04. The lowest BCUT2D eigenvalue weighted by Gasteiger charge is -2.24. The van der Waals surface area contributed by atoms with Crippen molar-refractivity contribution in [1.82, 2.24) is 10.4 Å². The second kappa shape index (κ2) is 8.78. The fourth-order valence-electron chi connectivity index (χ4n) is 1.66. The molecule has 1 unspecified atom stereocenters. The van der Waals surface area contributed by atoms with E-state index in [2.05, 4.69) is 5.43 Å². The van der Waals surface area contributed by atoms with E-state index in [9.17, 15) is 14.4 Å². The zero-order chi connectivity index (χ0) is 15.7.